The lowest BCUT2D eigenvalue weighted by Gasteiger charge is -2.13. The Bertz CT molecular complexity index is 946. The van der Waals surface area contributed by atoms with Crippen molar-refractivity contribution >= 4 is 40.1 Å². The lowest BCUT2D eigenvalue weighted by atomic mass is 10.2. The topological polar surface area (TPSA) is 80.2 Å². The third-order valence-corrected chi connectivity index (χ3v) is 5.68. The number of nitrogens with one attached hydrogen (secondary N) is 1. The number of hydrogen-bond donors (Lipinski definition) is 1. The van der Waals surface area contributed by atoms with Crippen molar-refractivity contribution in [2.45, 2.75) is 32.4 Å². The number of thioether (sulfide) groups is 1. The number of benzene rings is 2. The van der Waals surface area contributed by atoms with Crippen molar-refractivity contribution < 1.29 is 19.1 Å². The van der Waals surface area contributed by atoms with Gasteiger partial charge in [0.1, 0.15) is 16.7 Å². The van der Waals surface area contributed by atoms with Crippen LogP contribution in [-0.2, 0) is 9.59 Å². The molecule has 1 aliphatic heterocycles. The highest BCUT2D eigenvalue weighted by Gasteiger charge is 2.38. The predicted octanol–water partition coefficient (Wildman–Crippen LogP) is 4.46. The van der Waals surface area contributed by atoms with E-state index < -0.39 is 5.25 Å². The second-order valence-electron chi connectivity index (χ2n) is 6.72. The van der Waals surface area contributed by atoms with E-state index in [2.05, 4.69) is 10.3 Å². The molecule has 1 atom stereocenters. The second kappa shape index (κ2) is 10.9. The number of ether oxygens (including phenoxy) is 2. The molecule has 0 spiro atoms. The first-order valence-corrected chi connectivity index (χ1v) is 11.2. The normalized spacial score (nSPS) is 17.1. The Kier molecular flexibility index (Phi) is 7.94. The molecule has 31 heavy (non-hydrogen) atoms. The molecule has 0 aliphatic carbocycles. The van der Waals surface area contributed by atoms with E-state index in [1.807, 2.05) is 57.2 Å². The highest BCUT2D eigenvalue weighted by Crippen LogP contribution is 2.32. The van der Waals surface area contributed by atoms with E-state index in [-0.39, 0.29) is 18.2 Å². The molecule has 2 aromatic rings. The average molecular weight is 442 g/mol. The number of amidine groups is 1. The average Bonchev–Trinajstić information content (AvgIpc) is 3.04. The van der Waals surface area contributed by atoms with Crippen molar-refractivity contribution in [2.24, 2.45) is 4.99 Å². The maximum atomic E-state index is 12.8. The van der Waals surface area contributed by atoms with Crippen LogP contribution in [0.3, 0.4) is 0 Å². The van der Waals surface area contributed by atoms with Gasteiger partial charge in [-0.25, -0.2) is 4.99 Å². The molecule has 8 heteroatoms. The first-order chi connectivity index (χ1) is 15.0. The van der Waals surface area contributed by atoms with Gasteiger partial charge in [-0.1, -0.05) is 17.8 Å². The van der Waals surface area contributed by atoms with Gasteiger partial charge in [-0.2, -0.15) is 0 Å². The van der Waals surface area contributed by atoms with Crippen molar-refractivity contribution in [1.29, 1.82) is 0 Å². The molecule has 1 aliphatic rings. The molecule has 0 radical (unpaired) electrons. The summed E-state index contributed by atoms with van der Waals surface area (Å²) in [6.45, 7) is 7.37. The van der Waals surface area contributed by atoms with Gasteiger partial charge in [-0.15, -0.1) is 0 Å². The SMILES string of the molecule is CCOc1ccc(N=C2S[C@H](CC(=O)Nc3cccc(OCC)c3)C(=O)N2CC)cc1. The van der Waals surface area contributed by atoms with Crippen molar-refractivity contribution in [3.05, 3.63) is 48.5 Å². The third-order valence-electron chi connectivity index (χ3n) is 4.51. The Morgan fingerprint density at radius 3 is 2.45 bits per heavy atom. The summed E-state index contributed by atoms with van der Waals surface area (Å²) in [4.78, 5) is 31.6. The smallest absolute Gasteiger partial charge is 0.242 e. The van der Waals surface area contributed by atoms with Gasteiger partial charge in [0.05, 0.1) is 18.9 Å². The minimum absolute atomic E-state index is 0.0706. The van der Waals surface area contributed by atoms with Crippen LogP contribution in [0, 0.1) is 0 Å². The molecule has 7 nitrogen and oxygen atoms in total. The van der Waals surface area contributed by atoms with Gasteiger partial charge in [0.15, 0.2) is 5.17 Å². The van der Waals surface area contributed by atoms with Gasteiger partial charge >= 0.3 is 0 Å². The summed E-state index contributed by atoms with van der Waals surface area (Å²) in [6.07, 6.45) is 0.0706. The van der Waals surface area contributed by atoms with Gasteiger partial charge in [0.2, 0.25) is 11.8 Å². The summed E-state index contributed by atoms with van der Waals surface area (Å²) >= 11 is 1.32. The maximum Gasteiger partial charge on any atom is 0.242 e. The molecule has 0 unspecified atom stereocenters. The number of amides is 2. The minimum Gasteiger partial charge on any atom is -0.494 e. The van der Waals surface area contributed by atoms with Gasteiger partial charge in [-0.3, -0.25) is 14.5 Å². The highest BCUT2D eigenvalue weighted by atomic mass is 32.2. The number of carbonyl (C=O) groups is 2. The molecule has 3 rings (SSSR count). The van der Waals surface area contributed by atoms with E-state index in [9.17, 15) is 9.59 Å². The molecule has 0 saturated carbocycles. The summed E-state index contributed by atoms with van der Waals surface area (Å²) < 4.78 is 10.9. The van der Waals surface area contributed by atoms with Crippen molar-refractivity contribution in [3.63, 3.8) is 0 Å². The first kappa shape index (κ1) is 22.7. The van der Waals surface area contributed by atoms with Crippen LogP contribution in [0.5, 0.6) is 11.5 Å². The van der Waals surface area contributed by atoms with E-state index in [0.717, 1.165) is 11.4 Å². The van der Waals surface area contributed by atoms with Crippen LogP contribution in [0.4, 0.5) is 11.4 Å². The quantitative estimate of drug-likeness (QED) is 0.621. The second-order valence-corrected chi connectivity index (χ2v) is 7.89. The molecule has 1 fully saturated rings. The maximum absolute atomic E-state index is 12.8. The lowest BCUT2D eigenvalue weighted by molar-refractivity contribution is -0.128. The fourth-order valence-corrected chi connectivity index (χ4v) is 4.34. The summed E-state index contributed by atoms with van der Waals surface area (Å²) in [5.74, 6) is 1.14. The summed E-state index contributed by atoms with van der Waals surface area (Å²) in [5, 5.41) is 2.95. The molecule has 1 N–H and O–H groups in total. The molecule has 164 valence electrons. The van der Waals surface area contributed by atoms with Gasteiger partial charge in [-0.05, 0) is 57.2 Å². The number of hydrogen-bond acceptors (Lipinski definition) is 6. The summed E-state index contributed by atoms with van der Waals surface area (Å²) in [7, 11) is 0. The molecular weight excluding hydrogens is 414 g/mol. The standard InChI is InChI=1S/C23H27N3O4S/c1-4-26-22(28)20(15-21(27)24-17-8-7-9-19(14-17)30-6-3)31-23(26)25-16-10-12-18(13-11-16)29-5-2/h7-14,20H,4-6,15H2,1-3H3,(H,24,27)/t20-/m1/s1. The first-order valence-electron chi connectivity index (χ1n) is 10.4. The summed E-state index contributed by atoms with van der Waals surface area (Å²) in [6, 6.07) is 14.6. The molecular formula is C23H27N3O4S. The lowest BCUT2D eigenvalue weighted by Crippen LogP contribution is -2.33. The number of carbonyl (C=O) groups excluding carboxylic acids is 2. The Morgan fingerprint density at radius 1 is 1.06 bits per heavy atom. The fourth-order valence-electron chi connectivity index (χ4n) is 3.12. The van der Waals surface area contributed by atoms with Crippen LogP contribution in [0.2, 0.25) is 0 Å². The van der Waals surface area contributed by atoms with E-state index in [1.165, 1.54) is 11.8 Å². The monoisotopic (exact) mass is 441 g/mol. The zero-order chi connectivity index (χ0) is 22.2. The van der Waals surface area contributed by atoms with Gasteiger partial charge < -0.3 is 14.8 Å². The fraction of sp³-hybridized carbons (Fsp3) is 0.348. The van der Waals surface area contributed by atoms with E-state index in [0.29, 0.717) is 36.4 Å². The molecule has 0 bridgehead atoms. The zero-order valence-corrected chi connectivity index (χ0v) is 18.8. The van der Waals surface area contributed by atoms with Crippen molar-refractivity contribution in [2.75, 3.05) is 25.1 Å². The van der Waals surface area contributed by atoms with Crippen LogP contribution < -0.4 is 14.8 Å². The Hall–Kier alpha value is -3.00. The molecule has 0 aromatic heterocycles. The van der Waals surface area contributed by atoms with E-state index in [4.69, 9.17) is 9.47 Å². The van der Waals surface area contributed by atoms with Crippen molar-refractivity contribution in [1.82, 2.24) is 4.90 Å². The van der Waals surface area contributed by atoms with Crippen LogP contribution in [0.1, 0.15) is 27.2 Å². The Balaban J connectivity index is 1.66. The third kappa shape index (κ3) is 6.01. The zero-order valence-electron chi connectivity index (χ0n) is 18.0. The van der Waals surface area contributed by atoms with Gasteiger partial charge in [0.25, 0.3) is 0 Å². The largest absolute Gasteiger partial charge is 0.494 e. The van der Waals surface area contributed by atoms with Crippen LogP contribution in [0.25, 0.3) is 0 Å². The molecule has 2 amide bonds. The van der Waals surface area contributed by atoms with E-state index >= 15 is 0 Å². The number of nitrogens with zero attached hydrogens (tertiary/aromatic N) is 2. The predicted molar refractivity (Wildman–Crippen MR) is 124 cm³/mol. The van der Waals surface area contributed by atoms with Crippen molar-refractivity contribution in [3.8, 4) is 11.5 Å². The molecule has 1 saturated heterocycles. The van der Waals surface area contributed by atoms with Crippen LogP contribution in [0.15, 0.2) is 53.5 Å². The van der Waals surface area contributed by atoms with E-state index in [1.54, 1.807) is 17.0 Å². The Labute approximate surface area is 186 Å². The molecule has 1 heterocycles. The number of aliphatic imine (C=N–C) groups is 1. The van der Waals surface area contributed by atoms with Crippen LogP contribution in [-0.4, -0.2) is 46.9 Å². The molecule has 2 aromatic carbocycles. The highest BCUT2D eigenvalue weighted by molar-refractivity contribution is 8.15. The number of rotatable bonds is 9. The van der Waals surface area contributed by atoms with Crippen LogP contribution >= 0.6 is 11.8 Å². The Morgan fingerprint density at radius 2 is 1.77 bits per heavy atom. The minimum atomic E-state index is -0.503. The summed E-state index contributed by atoms with van der Waals surface area (Å²) in [5.41, 5.74) is 1.37. The van der Waals surface area contributed by atoms with Gasteiger partial charge in [0, 0.05) is 24.7 Å². The number of anilines is 1.